The van der Waals surface area contributed by atoms with Crippen LogP contribution in [0.15, 0.2) is 0 Å². The topological polar surface area (TPSA) is 350 Å². The van der Waals surface area contributed by atoms with Gasteiger partial charge in [0, 0.05) is 38.5 Å². The summed E-state index contributed by atoms with van der Waals surface area (Å²) in [5.74, 6) is -11.8. The first-order valence-corrected chi connectivity index (χ1v) is 20.2. The molecule has 0 bridgehead atoms. The number of aliphatic carboxylic acids is 5. The number of carbonyl (C=O) groups is 11. The fourth-order valence-electron chi connectivity index (χ4n) is 6.05. The molecule has 1 aliphatic heterocycles. The van der Waals surface area contributed by atoms with E-state index in [0.29, 0.717) is 13.0 Å². The van der Waals surface area contributed by atoms with Gasteiger partial charge in [0.1, 0.15) is 24.2 Å². The number of hydrogen-bond donors (Lipinski definition) is 9. The Kier molecular flexibility index (Phi) is 25.8. The second-order valence-electron chi connectivity index (χ2n) is 14.5. The Morgan fingerprint density at radius 1 is 0.467 bits per heavy atom. The molecule has 0 unspecified atom stereocenters. The second kappa shape index (κ2) is 29.5. The molecule has 1 fully saturated rings. The summed E-state index contributed by atoms with van der Waals surface area (Å²) in [6.07, 6.45) is 6.87. The maximum Gasteiger partial charge on any atom is 0.333 e. The number of amides is 5. The SMILES string of the molecule is O=C(O)CCCCCCCCCCCCCN[C@@H](CCC(=O)N[C@@H](CCC(=O)N[C@@H](CCC(=O)N[C@@H](CCC(=O)ON1C(=O)CCC1=O)C(=O)O)C(=O)O)C(=O)O)C(=O)O. The van der Waals surface area contributed by atoms with Gasteiger partial charge in [-0.05, 0) is 45.1 Å². The quantitative estimate of drug-likeness (QED) is 0.0320. The molecule has 0 saturated carbocycles. The Balaban J connectivity index is 2.40. The molecule has 5 amide bonds. The lowest BCUT2D eigenvalue weighted by Crippen LogP contribution is -2.45. The van der Waals surface area contributed by atoms with Crippen molar-refractivity contribution >= 4 is 65.4 Å². The van der Waals surface area contributed by atoms with Crippen molar-refractivity contribution in [3.05, 3.63) is 0 Å². The van der Waals surface area contributed by atoms with Gasteiger partial charge in [-0.1, -0.05) is 57.8 Å². The van der Waals surface area contributed by atoms with Gasteiger partial charge in [-0.15, -0.1) is 5.06 Å². The van der Waals surface area contributed by atoms with Gasteiger partial charge in [0.05, 0.1) is 6.42 Å². The first-order chi connectivity index (χ1) is 28.4. The van der Waals surface area contributed by atoms with Gasteiger partial charge < -0.3 is 51.6 Å². The summed E-state index contributed by atoms with van der Waals surface area (Å²) in [5, 5.41) is 56.4. The zero-order valence-electron chi connectivity index (χ0n) is 33.7. The number of unbranched alkanes of at least 4 members (excludes halogenated alkanes) is 10. The monoisotopic (exact) mass is 857 g/mol. The highest BCUT2D eigenvalue weighted by Crippen LogP contribution is 2.15. The van der Waals surface area contributed by atoms with Crippen LogP contribution in [0.1, 0.15) is 141 Å². The number of carboxylic acids is 5. The fraction of sp³-hybridized carbons (Fsp3) is 0.711. The second-order valence-corrected chi connectivity index (χ2v) is 14.5. The standard InChI is InChI=1S/C38H59N5O17/c44-28(17-13-24(35(52)53)39-23-11-9-7-5-3-1-2-4-6-8-10-12-33(49)50)40-25(36(54)55)14-18-29(45)41-26(37(56)57)15-19-30(46)42-27(38(58)59)16-22-34(51)60-43-31(47)20-21-32(43)48/h24-27,39H,1-23H2,(H,40,44)(H,41,45)(H,42,46)(H,49,50)(H,52,53)(H,54,55)(H,56,57)(H,58,59)/t24-,25-,26-,27-/m0/s1. The van der Waals surface area contributed by atoms with Crippen LogP contribution in [0.3, 0.4) is 0 Å². The number of nitrogens with zero attached hydrogens (tertiary/aromatic N) is 1. The van der Waals surface area contributed by atoms with E-state index in [1.54, 1.807) is 0 Å². The molecule has 0 aromatic rings. The van der Waals surface area contributed by atoms with Gasteiger partial charge >= 0.3 is 35.8 Å². The van der Waals surface area contributed by atoms with Crippen molar-refractivity contribution in [2.75, 3.05) is 6.54 Å². The molecule has 4 atom stereocenters. The van der Waals surface area contributed by atoms with Crippen LogP contribution in [-0.4, -0.2) is 127 Å². The lowest BCUT2D eigenvalue weighted by molar-refractivity contribution is -0.197. The Labute approximate surface area is 346 Å². The van der Waals surface area contributed by atoms with Crippen molar-refractivity contribution in [1.29, 1.82) is 0 Å². The third kappa shape index (κ3) is 23.7. The highest BCUT2D eigenvalue weighted by atomic mass is 16.7. The maximum absolute atomic E-state index is 12.5. The van der Waals surface area contributed by atoms with Crippen LogP contribution < -0.4 is 21.3 Å². The van der Waals surface area contributed by atoms with Gasteiger partial charge in [0.15, 0.2) is 0 Å². The highest BCUT2D eigenvalue weighted by molar-refractivity contribution is 6.01. The fourth-order valence-corrected chi connectivity index (χ4v) is 6.05. The highest BCUT2D eigenvalue weighted by Gasteiger charge is 2.33. The number of nitrogens with one attached hydrogen (secondary N) is 4. The molecule has 1 heterocycles. The summed E-state index contributed by atoms with van der Waals surface area (Å²) in [6.45, 7) is 0.402. The maximum atomic E-state index is 12.5. The predicted molar refractivity (Wildman–Crippen MR) is 205 cm³/mol. The van der Waals surface area contributed by atoms with Crippen LogP contribution in [0.4, 0.5) is 0 Å². The summed E-state index contributed by atoms with van der Waals surface area (Å²) >= 11 is 0. The van der Waals surface area contributed by atoms with Crippen molar-refractivity contribution in [1.82, 2.24) is 26.3 Å². The van der Waals surface area contributed by atoms with Crippen molar-refractivity contribution < 1.29 is 83.1 Å². The van der Waals surface area contributed by atoms with Crippen molar-refractivity contribution in [3.8, 4) is 0 Å². The minimum absolute atomic E-state index is 0.138. The van der Waals surface area contributed by atoms with E-state index in [2.05, 4.69) is 26.1 Å². The Hall–Kier alpha value is -5.67. The molecule has 1 aliphatic rings. The number of carbonyl (C=O) groups excluding carboxylic acids is 6. The van der Waals surface area contributed by atoms with E-state index in [1.165, 1.54) is 0 Å². The molecule has 22 heteroatoms. The van der Waals surface area contributed by atoms with Gasteiger partial charge in [0.25, 0.3) is 11.8 Å². The van der Waals surface area contributed by atoms with Crippen LogP contribution >= 0.6 is 0 Å². The van der Waals surface area contributed by atoms with E-state index in [1.807, 2.05) is 0 Å². The average Bonchev–Trinajstić information content (AvgIpc) is 3.49. The average molecular weight is 858 g/mol. The summed E-state index contributed by atoms with van der Waals surface area (Å²) in [6, 6.07) is -5.92. The van der Waals surface area contributed by atoms with Crippen LogP contribution in [0, 0.1) is 0 Å². The molecule has 60 heavy (non-hydrogen) atoms. The molecule has 0 aliphatic carbocycles. The molecule has 1 saturated heterocycles. The van der Waals surface area contributed by atoms with E-state index >= 15 is 0 Å². The third-order valence-electron chi connectivity index (χ3n) is 9.47. The molecule has 22 nitrogen and oxygen atoms in total. The van der Waals surface area contributed by atoms with Crippen molar-refractivity contribution in [2.24, 2.45) is 0 Å². The van der Waals surface area contributed by atoms with E-state index in [-0.39, 0.29) is 37.2 Å². The van der Waals surface area contributed by atoms with Crippen LogP contribution in [-0.2, 0) is 57.6 Å². The lowest BCUT2D eigenvalue weighted by Gasteiger charge is -2.18. The smallest absolute Gasteiger partial charge is 0.333 e. The molecule has 0 aromatic carbocycles. The van der Waals surface area contributed by atoms with E-state index in [4.69, 9.17) is 5.11 Å². The van der Waals surface area contributed by atoms with Gasteiger partial charge in [-0.3, -0.25) is 33.6 Å². The van der Waals surface area contributed by atoms with E-state index in [9.17, 15) is 73.2 Å². The van der Waals surface area contributed by atoms with E-state index < -0.39 is 128 Å². The number of hydroxylamine groups is 2. The molecule has 0 aromatic heterocycles. The minimum atomic E-state index is -1.65. The first-order valence-electron chi connectivity index (χ1n) is 20.2. The molecular weight excluding hydrogens is 798 g/mol. The summed E-state index contributed by atoms with van der Waals surface area (Å²) in [7, 11) is 0. The lowest BCUT2D eigenvalue weighted by atomic mass is 10.0. The summed E-state index contributed by atoms with van der Waals surface area (Å²) in [4.78, 5) is 135. The number of hydrogen-bond acceptors (Lipinski definition) is 13. The van der Waals surface area contributed by atoms with Gasteiger partial charge in [0.2, 0.25) is 17.7 Å². The van der Waals surface area contributed by atoms with E-state index in [0.717, 1.165) is 64.2 Å². The van der Waals surface area contributed by atoms with Gasteiger partial charge in [-0.2, -0.15) is 0 Å². The molecule has 0 spiro atoms. The number of rotatable bonds is 35. The van der Waals surface area contributed by atoms with Crippen LogP contribution in [0.25, 0.3) is 0 Å². The van der Waals surface area contributed by atoms with Gasteiger partial charge in [-0.25, -0.2) is 19.2 Å². The first kappa shape index (κ1) is 52.3. The molecule has 338 valence electrons. The normalized spacial score (nSPS) is 14.4. The van der Waals surface area contributed by atoms with Crippen molar-refractivity contribution in [3.63, 3.8) is 0 Å². The number of imide groups is 1. The van der Waals surface area contributed by atoms with Crippen LogP contribution in [0.2, 0.25) is 0 Å². The summed E-state index contributed by atoms with van der Waals surface area (Å²) < 4.78 is 0. The third-order valence-corrected chi connectivity index (χ3v) is 9.47. The molecule has 9 N–H and O–H groups in total. The van der Waals surface area contributed by atoms with Crippen molar-refractivity contribution in [2.45, 2.75) is 165 Å². The minimum Gasteiger partial charge on any atom is -0.481 e. The summed E-state index contributed by atoms with van der Waals surface area (Å²) in [5.41, 5.74) is 0. The molecule has 1 rings (SSSR count). The largest absolute Gasteiger partial charge is 0.481 e. The Morgan fingerprint density at radius 2 is 0.800 bits per heavy atom. The zero-order valence-corrected chi connectivity index (χ0v) is 33.7. The number of carboxylic acid groups (broad SMARTS) is 5. The molecule has 0 radical (unpaired) electrons. The molecular formula is C38H59N5O17. The van der Waals surface area contributed by atoms with Crippen LogP contribution in [0.5, 0.6) is 0 Å². The predicted octanol–water partition coefficient (Wildman–Crippen LogP) is 1.23. The Morgan fingerprint density at radius 3 is 1.17 bits per heavy atom. The Bertz CT molecular complexity index is 1490. The zero-order chi connectivity index (χ0) is 45.0.